The van der Waals surface area contributed by atoms with Crippen molar-refractivity contribution in [1.82, 2.24) is 0 Å². The van der Waals surface area contributed by atoms with Crippen LogP contribution in [0.2, 0.25) is 0 Å². The Morgan fingerprint density at radius 1 is 1.21 bits per heavy atom. The lowest BCUT2D eigenvalue weighted by Gasteiger charge is -2.05. The first-order chi connectivity index (χ1) is 11.4. The fourth-order valence-corrected chi connectivity index (χ4v) is 2.20. The molecule has 120 valence electrons. The highest BCUT2D eigenvalue weighted by Crippen LogP contribution is 2.19. The lowest BCUT2D eigenvalue weighted by molar-refractivity contribution is -0.112. The highest BCUT2D eigenvalue weighted by atomic mass is 79.9. The van der Waals surface area contributed by atoms with Crippen molar-refractivity contribution in [3.63, 3.8) is 0 Å². The maximum atomic E-state index is 13.7. The van der Waals surface area contributed by atoms with Gasteiger partial charge in [0, 0.05) is 15.7 Å². The quantitative estimate of drug-likeness (QED) is 0.614. The molecular weight excluding hydrogens is 379 g/mol. The van der Waals surface area contributed by atoms with Crippen LogP contribution in [-0.4, -0.2) is 17.0 Å². The average molecular weight is 389 g/mol. The van der Waals surface area contributed by atoms with Crippen molar-refractivity contribution in [2.24, 2.45) is 0 Å². The van der Waals surface area contributed by atoms with Gasteiger partial charge >= 0.3 is 5.97 Å². The monoisotopic (exact) mass is 388 g/mol. The zero-order valence-electron chi connectivity index (χ0n) is 12.1. The summed E-state index contributed by atoms with van der Waals surface area (Å²) in [4.78, 5) is 22.9. The SMILES string of the molecule is N#C/C(=C\c1cc(Br)ccc1F)C(=O)Nc1ccc(C(=O)O)cc1. The van der Waals surface area contributed by atoms with Gasteiger partial charge in [0.25, 0.3) is 5.91 Å². The van der Waals surface area contributed by atoms with E-state index in [1.807, 2.05) is 0 Å². The van der Waals surface area contributed by atoms with Gasteiger partial charge in [0.05, 0.1) is 5.56 Å². The van der Waals surface area contributed by atoms with Gasteiger partial charge in [-0.05, 0) is 48.5 Å². The van der Waals surface area contributed by atoms with E-state index in [0.29, 0.717) is 10.2 Å². The zero-order chi connectivity index (χ0) is 17.7. The van der Waals surface area contributed by atoms with Crippen LogP contribution >= 0.6 is 15.9 Å². The largest absolute Gasteiger partial charge is 0.478 e. The molecule has 2 aromatic rings. The second-order valence-corrected chi connectivity index (χ2v) is 5.59. The average Bonchev–Trinajstić information content (AvgIpc) is 2.56. The van der Waals surface area contributed by atoms with Crippen molar-refractivity contribution in [3.05, 3.63) is 69.5 Å². The fourth-order valence-electron chi connectivity index (χ4n) is 1.82. The summed E-state index contributed by atoms with van der Waals surface area (Å²) >= 11 is 3.19. The van der Waals surface area contributed by atoms with E-state index in [-0.39, 0.29) is 16.7 Å². The van der Waals surface area contributed by atoms with Crippen LogP contribution in [0.15, 0.2) is 52.5 Å². The van der Waals surface area contributed by atoms with Gasteiger partial charge in [-0.3, -0.25) is 4.79 Å². The molecule has 0 atom stereocenters. The molecule has 5 nitrogen and oxygen atoms in total. The van der Waals surface area contributed by atoms with Crippen LogP contribution in [0.5, 0.6) is 0 Å². The molecule has 0 radical (unpaired) electrons. The summed E-state index contributed by atoms with van der Waals surface area (Å²) in [5.74, 6) is -2.37. The number of aromatic carboxylic acids is 1. The highest BCUT2D eigenvalue weighted by molar-refractivity contribution is 9.10. The summed E-state index contributed by atoms with van der Waals surface area (Å²) in [5.41, 5.74) is 0.202. The van der Waals surface area contributed by atoms with Crippen LogP contribution in [0.25, 0.3) is 6.08 Å². The smallest absolute Gasteiger partial charge is 0.335 e. The fraction of sp³-hybridized carbons (Fsp3) is 0. The van der Waals surface area contributed by atoms with E-state index in [2.05, 4.69) is 21.2 Å². The third-order valence-electron chi connectivity index (χ3n) is 3.01. The van der Waals surface area contributed by atoms with Crippen molar-refractivity contribution in [2.45, 2.75) is 0 Å². The number of benzene rings is 2. The van der Waals surface area contributed by atoms with Gasteiger partial charge in [0.2, 0.25) is 0 Å². The maximum Gasteiger partial charge on any atom is 0.335 e. The van der Waals surface area contributed by atoms with Gasteiger partial charge in [-0.15, -0.1) is 0 Å². The van der Waals surface area contributed by atoms with Gasteiger partial charge in [-0.25, -0.2) is 9.18 Å². The minimum Gasteiger partial charge on any atom is -0.478 e. The van der Waals surface area contributed by atoms with Crippen LogP contribution < -0.4 is 5.32 Å². The molecule has 0 aliphatic rings. The molecule has 7 heteroatoms. The number of halogens is 2. The van der Waals surface area contributed by atoms with Crippen LogP contribution in [0.4, 0.5) is 10.1 Å². The Kier molecular flexibility index (Phi) is 5.45. The van der Waals surface area contributed by atoms with E-state index >= 15 is 0 Å². The lowest BCUT2D eigenvalue weighted by Crippen LogP contribution is -2.13. The molecule has 0 unspecified atom stereocenters. The predicted molar refractivity (Wildman–Crippen MR) is 89.7 cm³/mol. The summed E-state index contributed by atoms with van der Waals surface area (Å²) in [6.07, 6.45) is 1.14. The summed E-state index contributed by atoms with van der Waals surface area (Å²) in [6, 6.07) is 11.3. The zero-order valence-corrected chi connectivity index (χ0v) is 13.7. The van der Waals surface area contributed by atoms with E-state index in [1.165, 1.54) is 42.5 Å². The highest BCUT2D eigenvalue weighted by Gasteiger charge is 2.12. The summed E-state index contributed by atoms with van der Waals surface area (Å²) in [6.45, 7) is 0. The van der Waals surface area contributed by atoms with Crippen molar-refractivity contribution in [1.29, 1.82) is 5.26 Å². The van der Waals surface area contributed by atoms with Crippen LogP contribution in [0.1, 0.15) is 15.9 Å². The summed E-state index contributed by atoms with van der Waals surface area (Å²) in [5, 5.41) is 20.4. The number of hydrogen-bond acceptors (Lipinski definition) is 3. The third kappa shape index (κ3) is 4.27. The number of nitriles is 1. The molecule has 0 saturated carbocycles. The molecule has 24 heavy (non-hydrogen) atoms. The molecule has 2 rings (SSSR count). The number of amides is 1. The molecule has 2 N–H and O–H groups in total. The van der Waals surface area contributed by atoms with Gasteiger partial charge in [-0.2, -0.15) is 5.26 Å². The number of carboxylic acid groups (broad SMARTS) is 1. The van der Waals surface area contributed by atoms with Crippen LogP contribution in [0.3, 0.4) is 0 Å². The Balaban J connectivity index is 2.23. The molecule has 0 aliphatic carbocycles. The van der Waals surface area contributed by atoms with Gasteiger partial charge in [-0.1, -0.05) is 15.9 Å². The Hall–Kier alpha value is -2.98. The standard InChI is InChI=1S/C17H10BrFN2O3/c18-13-3-6-15(19)11(8-13)7-12(9-20)16(22)21-14-4-1-10(2-5-14)17(23)24/h1-8H,(H,21,22)(H,23,24)/b12-7+. The molecule has 0 heterocycles. The predicted octanol–water partition coefficient (Wildman–Crippen LogP) is 3.83. The first-order valence-corrected chi connectivity index (χ1v) is 7.41. The number of carbonyl (C=O) groups excluding carboxylic acids is 1. The molecule has 1 amide bonds. The van der Waals surface area contributed by atoms with Gasteiger partial charge in [0.15, 0.2) is 0 Å². The van der Waals surface area contributed by atoms with E-state index in [1.54, 1.807) is 6.07 Å². The third-order valence-corrected chi connectivity index (χ3v) is 3.51. The van der Waals surface area contributed by atoms with E-state index < -0.39 is 17.7 Å². The number of carboxylic acids is 1. The van der Waals surface area contributed by atoms with E-state index in [9.17, 15) is 14.0 Å². The minimum atomic E-state index is -1.09. The molecule has 0 aromatic heterocycles. The molecule has 0 saturated heterocycles. The Bertz CT molecular complexity index is 870. The molecule has 2 aromatic carbocycles. The number of hydrogen-bond donors (Lipinski definition) is 2. The maximum absolute atomic E-state index is 13.7. The number of nitrogens with one attached hydrogen (secondary N) is 1. The molecule has 0 bridgehead atoms. The topological polar surface area (TPSA) is 90.2 Å². The number of nitrogens with zero attached hydrogens (tertiary/aromatic N) is 1. The van der Waals surface area contributed by atoms with Gasteiger partial charge < -0.3 is 10.4 Å². The first-order valence-electron chi connectivity index (χ1n) is 6.62. The summed E-state index contributed by atoms with van der Waals surface area (Å²) in [7, 11) is 0. The second kappa shape index (κ2) is 7.53. The lowest BCUT2D eigenvalue weighted by atomic mass is 10.1. The Labute approximate surface area is 145 Å². The normalized spacial score (nSPS) is 10.8. The first kappa shape index (κ1) is 17.4. The van der Waals surface area contributed by atoms with Crippen molar-refractivity contribution in [2.75, 3.05) is 5.32 Å². The molecule has 0 aliphatic heterocycles. The minimum absolute atomic E-state index is 0.0697. The van der Waals surface area contributed by atoms with E-state index in [0.717, 1.165) is 6.08 Å². The second-order valence-electron chi connectivity index (χ2n) is 4.67. The molecule has 0 fully saturated rings. The summed E-state index contributed by atoms with van der Waals surface area (Å²) < 4.78 is 14.3. The Morgan fingerprint density at radius 2 is 1.88 bits per heavy atom. The van der Waals surface area contributed by atoms with Gasteiger partial charge in [0.1, 0.15) is 17.5 Å². The number of anilines is 1. The Morgan fingerprint density at radius 3 is 2.46 bits per heavy atom. The van der Waals surface area contributed by atoms with Crippen LogP contribution in [0, 0.1) is 17.1 Å². The van der Waals surface area contributed by atoms with Crippen molar-refractivity contribution >= 4 is 39.6 Å². The van der Waals surface area contributed by atoms with Crippen molar-refractivity contribution in [3.8, 4) is 6.07 Å². The molecular formula is C17H10BrFN2O3. The number of rotatable bonds is 4. The van der Waals surface area contributed by atoms with Crippen LogP contribution in [-0.2, 0) is 4.79 Å². The number of carbonyl (C=O) groups is 2. The van der Waals surface area contributed by atoms with Crippen molar-refractivity contribution < 1.29 is 19.1 Å². The van der Waals surface area contributed by atoms with E-state index in [4.69, 9.17) is 10.4 Å². The molecule has 0 spiro atoms.